The van der Waals surface area contributed by atoms with Crippen LogP contribution in [0.2, 0.25) is 0 Å². The number of thioether (sulfide) groups is 1. The quantitative estimate of drug-likeness (QED) is 0.496. The SMILES string of the molecule is COc1cc(N)ccc1SC[B-](F)(F)F. The lowest BCUT2D eigenvalue weighted by Crippen LogP contribution is -2.18. The lowest BCUT2D eigenvalue weighted by molar-refractivity contribution is 0.405. The van der Waals surface area contributed by atoms with Crippen molar-refractivity contribution in [1.82, 2.24) is 0 Å². The van der Waals surface area contributed by atoms with E-state index in [0.29, 0.717) is 28.1 Å². The number of halogens is 3. The number of nitrogens with two attached hydrogens (primary N) is 1. The standard InChI is InChI=1S/C8H10BF3NOS/c1-14-7-4-6(13)2-3-8(7)15-5-9(10,11)12/h2-4H,5,13H2,1H3/q-1. The summed E-state index contributed by atoms with van der Waals surface area (Å²) in [6.07, 6.45) is 0. The van der Waals surface area contributed by atoms with Crippen molar-refractivity contribution in [2.75, 3.05) is 18.5 Å². The topological polar surface area (TPSA) is 35.2 Å². The minimum atomic E-state index is -4.78. The van der Waals surface area contributed by atoms with Gasteiger partial charge in [0.05, 0.1) is 7.11 Å². The van der Waals surface area contributed by atoms with Gasteiger partial charge in [-0.15, -0.1) is 0 Å². The molecule has 0 aliphatic rings. The van der Waals surface area contributed by atoms with Crippen LogP contribution in [0.25, 0.3) is 0 Å². The summed E-state index contributed by atoms with van der Waals surface area (Å²) in [5.74, 6) is 0.375. The van der Waals surface area contributed by atoms with Crippen molar-refractivity contribution in [1.29, 1.82) is 0 Å². The first kappa shape index (κ1) is 12.1. The third-order valence-electron chi connectivity index (χ3n) is 1.62. The number of ether oxygens (including phenoxy) is 1. The number of benzene rings is 1. The first-order chi connectivity index (χ1) is 6.92. The van der Waals surface area contributed by atoms with Gasteiger partial charge >= 0.3 is 6.98 Å². The Morgan fingerprint density at radius 1 is 1.40 bits per heavy atom. The summed E-state index contributed by atoms with van der Waals surface area (Å²) in [5.41, 5.74) is 5.07. The van der Waals surface area contributed by atoms with Crippen molar-refractivity contribution in [3.63, 3.8) is 0 Å². The van der Waals surface area contributed by atoms with Crippen molar-refractivity contribution in [2.24, 2.45) is 0 Å². The molecule has 0 fully saturated rings. The highest BCUT2D eigenvalue weighted by Gasteiger charge is 2.23. The molecule has 2 N–H and O–H groups in total. The van der Waals surface area contributed by atoms with Gasteiger partial charge in [0.25, 0.3) is 0 Å². The Hall–Kier alpha value is -0.975. The predicted octanol–water partition coefficient (Wildman–Crippen LogP) is 2.76. The van der Waals surface area contributed by atoms with Crippen molar-refractivity contribution in [2.45, 2.75) is 4.90 Å². The predicted molar refractivity (Wildman–Crippen MR) is 57.2 cm³/mol. The van der Waals surface area contributed by atoms with E-state index in [9.17, 15) is 12.9 Å². The van der Waals surface area contributed by atoms with Gasteiger partial charge in [0.15, 0.2) is 0 Å². The highest BCUT2D eigenvalue weighted by molar-refractivity contribution is 8.00. The minimum Gasteiger partial charge on any atom is -0.496 e. The van der Waals surface area contributed by atoms with Crippen molar-refractivity contribution in [3.8, 4) is 5.75 Å². The molecule has 15 heavy (non-hydrogen) atoms. The van der Waals surface area contributed by atoms with Crippen LogP contribution in [0, 0.1) is 0 Å². The molecule has 84 valence electrons. The van der Waals surface area contributed by atoms with E-state index in [2.05, 4.69) is 0 Å². The number of anilines is 1. The first-order valence-corrected chi connectivity index (χ1v) is 5.18. The van der Waals surface area contributed by atoms with Gasteiger partial charge in [-0.3, -0.25) is 0 Å². The molecule has 2 nitrogen and oxygen atoms in total. The maximum atomic E-state index is 12.0. The first-order valence-electron chi connectivity index (χ1n) is 4.19. The van der Waals surface area contributed by atoms with E-state index in [1.807, 2.05) is 0 Å². The zero-order valence-electron chi connectivity index (χ0n) is 8.04. The molecule has 7 heteroatoms. The van der Waals surface area contributed by atoms with E-state index in [1.54, 1.807) is 6.07 Å². The Balaban J connectivity index is 2.76. The van der Waals surface area contributed by atoms with Gasteiger partial charge in [-0.05, 0) is 17.8 Å². The Kier molecular flexibility index (Phi) is 3.79. The third kappa shape index (κ3) is 3.95. The van der Waals surface area contributed by atoms with Gasteiger partial charge in [-0.25, -0.2) is 0 Å². The largest absolute Gasteiger partial charge is 0.496 e. The van der Waals surface area contributed by atoms with Crippen LogP contribution in [-0.4, -0.2) is 19.7 Å². The van der Waals surface area contributed by atoms with Crippen LogP contribution in [0.1, 0.15) is 0 Å². The number of methoxy groups -OCH3 is 1. The number of hydrogen-bond donors (Lipinski definition) is 1. The van der Waals surface area contributed by atoms with Crippen LogP contribution in [-0.2, 0) is 0 Å². The van der Waals surface area contributed by atoms with Crippen LogP contribution in [0.15, 0.2) is 23.1 Å². The van der Waals surface area contributed by atoms with Gasteiger partial charge in [-0.2, -0.15) is 11.8 Å². The number of hydrogen-bond acceptors (Lipinski definition) is 3. The summed E-state index contributed by atoms with van der Waals surface area (Å²) in [7, 11) is 1.40. The Morgan fingerprint density at radius 2 is 2.07 bits per heavy atom. The third-order valence-corrected chi connectivity index (χ3v) is 2.81. The lowest BCUT2D eigenvalue weighted by Gasteiger charge is -2.14. The zero-order chi connectivity index (χ0) is 11.5. The highest BCUT2D eigenvalue weighted by atomic mass is 32.2. The number of nitrogen functional groups attached to an aromatic ring is 1. The zero-order valence-corrected chi connectivity index (χ0v) is 8.86. The van der Waals surface area contributed by atoms with E-state index in [0.717, 1.165) is 0 Å². The molecule has 0 unspecified atom stereocenters. The summed E-state index contributed by atoms with van der Waals surface area (Å²) in [4.78, 5) is 0.450. The lowest BCUT2D eigenvalue weighted by atomic mass is 9.98. The average Bonchev–Trinajstić information content (AvgIpc) is 2.14. The summed E-state index contributed by atoms with van der Waals surface area (Å²) in [6, 6.07) is 4.58. The van der Waals surface area contributed by atoms with E-state index in [4.69, 9.17) is 10.5 Å². The molecule has 1 rings (SSSR count). The van der Waals surface area contributed by atoms with E-state index in [-0.39, 0.29) is 0 Å². The molecule has 0 atom stereocenters. The van der Waals surface area contributed by atoms with Gasteiger partial charge in [-0.1, -0.05) is 0 Å². The molecule has 0 aliphatic heterocycles. The average molecular weight is 236 g/mol. The second-order valence-corrected chi connectivity index (χ2v) is 3.99. The highest BCUT2D eigenvalue weighted by Crippen LogP contribution is 2.33. The molecule has 0 radical (unpaired) electrons. The molecule has 0 aliphatic carbocycles. The number of rotatable bonds is 4. The molecule has 0 saturated carbocycles. The maximum absolute atomic E-state index is 12.0. The maximum Gasteiger partial charge on any atom is 0.488 e. The van der Waals surface area contributed by atoms with Crippen LogP contribution in [0.5, 0.6) is 5.75 Å². The van der Waals surface area contributed by atoms with Gasteiger partial charge in [0, 0.05) is 16.6 Å². The van der Waals surface area contributed by atoms with Gasteiger partial charge in [0.2, 0.25) is 0 Å². The van der Waals surface area contributed by atoms with Crippen LogP contribution < -0.4 is 10.5 Å². The fourth-order valence-electron chi connectivity index (χ4n) is 0.988. The van der Waals surface area contributed by atoms with Crippen LogP contribution in [0.4, 0.5) is 18.6 Å². The van der Waals surface area contributed by atoms with Gasteiger partial charge < -0.3 is 23.4 Å². The smallest absolute Gasteiger partial charge is 0.488 e. The second-order valence-electron chi connectivity index (χ2n) is 2.93. The van der Waals surface area contributed by atoms with Crippen molar-refractivity contribution < 1.29 is 17.7 Å². The Bertz CT molecular complexity index is 345. The molecule has 1 aromatic carbocycles. The molecule has 0 amide bonds. The summed E-state index contributed by atoms with van der Waals surface area (Å²) >= 11 is 0.709. The van der Waals surface area contributed by atoms with Crippen LogP contribution in [0.3, 0.4) is 0 Å². The van der Waals surface area contributed by atoms with E-state index < -0.39 is 12.6 Å². The van der Waals surface area contributed by atoms with Crippen molar-refractivity contribution in [3.05, 3.63) is 18.2 Å². The van der Waals surface area contributed by atoms with Crippen LogP contribution >= 0.6 is 11.8 Å². The molecule has 0 saturated heterocycles. The van der Waals surface area contributed by atoms with E-state index >= 15 is 0 Å². The normalized spacial score (nSPS) is 11.5. The Morgan fingerprint density at radius 3 is 2.60 bits per heavy atom. The monoisotopic (exact) mass is 236 g/mol. The molecule has 0 spiro atoms. The minimum absolute atomic E-state index is 0.375. The molecular formula is C8H10BF3NOS-. The van der Waals surface area contributed by atoms with Gasteiger partial charge in [0.1, 0.15) is 5.75 Å². The summed E-state index contributed by atoms with van der Waals surface area (Å²) in [5, 5.41) is 0. The van der Waals surface area contributed by atoms with E-state index in [1.165, 1.54) is 19.2 Å². The fourth-order valence-corrected chi connectivity index (χ4v) is 1.81. The summed E-state index contributed by atoms with van der Waals surface area (Å²) in [6.45, 7) is -4.78. The molecule has 0 bridgehead atoms. The Labute approximate surface area is 90.0 Å². The molecule has 0 heterocycles. The molecule has 0 aromatic heterocycles. The van der Waals surface area contributed by atoms with Crippen molar-refractivity contribution >= 4 is 24.4 Å². The fraction of sp³-hybridized carbons (Fsp3) is 0.250. The summed E-state index contributed by atoms with van der Waals surface area (Å²) < 4.78 is 41.0. The molecule has 1 aromatic rings. The molecular weight excluding hydrogens is 226 g/mol. The second kappa shape index (κ2) is 4.70.